The van der Waals surface area contributed by atoms with Gasteiger partial charge in [0.2, 0.25) is 11.8 Å². The maximum absolute atomic E-state index is 12.7. The van der Waals surface area contributed by atoms with E-state index in [9.17, 15) is 18.0 Å². The van der Waals surface area contributed by atoms with Crippen LogP contribution in [0.4, 0.5) is 5.69 Å². The van der Waals surface area contributed by atoms with Crippen LogP contribution in [0.5, 0.6) is 0 Å². The van der Waals surface area contributed by atoms with Crippen molar-refractivity contribution >= 4 is 27.3 Å². The number of hydrogen-bond donors (Lipinski definition) is 1. The van der Waals surface area contributed by atoms with Crippen molar-refractivity contribution in [1.29, 1.82) is 0 Å². The van der Waals surface area contributed by atoms with E-state index in [1.807, 2.05) is 30.3 Å². The second-order valence-corrected chi connectivity index (χ2v) is 9.62. The van der Waals surface area contributed by atoms with Crippen LogP contribution >= 0.6 is 0 Å². The van der Waals surface area contributed by atoms with Gasteiger partial charge in [0, 0.05) is 30.6 Å². The van der Waals surface area contributed by atoms with Gasteiger partial charge in [-0.2, -0.15) is 0 Å². The summed E-state index contributed by atoms with van der Waals surface area (Å²) in [4.78, 5) is 26.8. The molecule has 1 atom stereocenters. The fourth-order valence-corrected chi connectivity index (χ4v) is 5.56. The molecular weight excluding hydrogens is 352 g/mol. The van der Waals surface area contributed by atoms with Crippen LogP contribution in [0.3, 0.4) is 0 Å². The number of rotatable bonds is 4. The number of carbonyl (C=O) groups excluding carboxylic acids is 2. The average Bonchev–Trinajstić information content (AvgIpc) is 2.99. The molecule has 1 heterocycles. The lowest BCUT2D eigenvalue weighted by atomic mass is 9.80. The third-order valence-electron chi connectivity index (χ3n) is 5.50. The molecule has 1 aromatic carbocycles. The molecule has 0 bridgehead atoms. The molecule has 1 aliphatic heterocycles. The first-order valence-electron chi connectivity index (χ1n) is 9.19. The highest BCUT2D eigenvalue weighted by molar-refractivity contribution is 7.91. The molecule has 1 saturated heterocycles. The molecule has 26 heavy (non-hydrogen) atoms. The molecule has 7 heteroatoms. The summed E-state index contributed by atoms with van der Waals surface area (Å²) in [6.07, 6.45) is 3.23. The topological polar surface area (TPSA) is 83.6 Å². The largest absolute Gasteiger partial charge is 0.352 e. The zero-order valence-electron chi connectivity index (χ0n) is 15.1. The van der Waals surface area contributed by atoms with Gasteiger partial charge >= 0.3 is 0 Å². The Balaban J connectivity index is 1.49. The minimum Gasteiger partial charge on any atom is -0.352 e. The van der Waals surface area contributed by atoms with Gasteiger partial charge in [-0.3, -0.25) is 9.59 Å². The van der Waals surface area contributed by atoms with Crippen LogP contribution in [0.1, 0.15) is 32.1 Å². The Morgan fingerprint density at radius 1 is 1.00 bits per heavy atom. The molecule has 2 aliphatic rings. The maximum atomic E-state index is 12.7. The van der Waals surface area contributed by atoms with E-state index in [0.717, 1.165) is 5.69 Å². The second-order valence-electron chi connectivity index (χ2n) is 7.39. The Hall–Kier alpha value is -1.89. The molecule has 0 radical (unpaired) electrons. The molecule has 0 spiro atoms. The highest BCUT2D eigenvalue weighted by Gasteiger charge is 2.34. The minimum absolute atomic E-state index is 0.0500. The number of para-hydroxylation sites is 1. The maximum Gasteiger partial charge on any atom is 0.229 e. The van der Waals surface area contributed by atoms with Crippen molar-refractivity contribution in [3.8, 4) is 0 Å². The van der Waals surface area contributed by atoms with Crippen molar-refractivity contribution in [3.63, 3.8) is 0 Å². The molecule has 3 rings (SSSR count). The quantitative estimate of drug-likeness (QED) is 0.865. The summed E-state index contributed by atoms with van der Waals surface area (Å²) >= 11 is 0. The number of hydrogen-bond acceptors (Lipinski definition) is 4. The van der Waals surface area contributed by atoms with Crippen LogP contribution < -0.4 is 10.2 Å². The predicted molar refractivity (Wildman–Crippen MR) is 101 cm³/mol. The lowest BCUT2D eigenvalue weighted by Gasteiger charge is -2.30. The fraction of sp³-hybridized carbons (Fsp3) is 0.579. The van der Waals surface area contributed by atoms with Gasteiger partial charge in [-0.1, -0.05) is 18.2 Å². The van der Waals surface area contributed by atoms with Crippen LogP contribution in [-0.4, -0.2) is 44.8 Å². The summed E-state index contributed by atoms with van der Waals surface area (Å²) in [6.45, 7) is 0. The van der Waals surface area contributed by atoms with Gasteiger partial charge < -0.3 is 10.2 Å². The summed E-state index contributed by atoms with van der Waals surface area (Å²) < 4.78 is 23.0. The zero-order chi connectivity index (χ0) is 18.7. The Kier molecular flexibility index (Phi) is 5.65. The fourth-order valence-electron chi connectivity index (χ4n) is 3.88. The van der Waals surface area contributed by atoms with E-state index in [2.05, 4.69) is 5.32 Å². The van der Waals surface area contributed by atoms with Crippen LogP contribution in [0.25, 0.3) is 0 Å². The van der Waals surface area contributed by atoms with Crippen molar-refractivity contribution in [2.45, 2.75) is 38.1 Å². The smallest absolute Gasteiger partial charge is 0.229 e. The number of benzene rings is 1. The molecular formula is C19H26N2O4S. The Morgan fingerprint density at radius 3 is 2.19 bits per heavy atom. The lowest BCUT2D eigenvalue weighted by Crippen LogP contribution is -2.42. The molecule has 1 saturated carbocycles. The van der Waals surface area contributed by atoms with E-state index >= 15 is 0 Å². The van der Waals surface area contributed by atoms with Gasteiger partial charge in [-0.25, -0.2) is 8.42 Å². The Labute approximate surface area is 154 Å². The van der Waals surface area contributed by atoms with Crippen LogP contribution in [0.2, 0.25) is 0 Å². The Morgan fingerprint density at radius 2 is 1.62 bits per heavy atom. The van der Waals surface area contributed by atoms with Gasteiger partial charge in [-0.05, 0) is 44.2 Å². The molecule has 142 valence electrons. The lowest BCUT2D eigenvalue weighted by molar-refractivity contribution is -0.129. The highest BCUT2D eigenvalue weighted by Crippen LogP contribution is 2.31. The van der Waals surface area contributed by atoms with Gasteiger partial charge in [0.1, 0.15) is 0 Å². The monoisotopic (exact) mass is 378 g/mol. The molecule has 1 N–H and O–H groups in total. The van der Waals surface area contributed by atoms with E-state index in [1.165, 1.54) is 0 Å². The van der Waals surface area contributed by atoms with E-state index in [4.69, 9.17) is 0 Å². The number of anilines is 1. The van der Waals surface area contributed by atoms with Gasteiger partial charge in [-0.15, -0.1) is 0 Å². The molecule has 0 aromatic heterocycles. The van der Waals surface area contributed by atoms with E-state index in [-0.39, 0.29) is 41.2 Å². The summed E-state index contributed by atoms with van der Waals surface area (Å²) in [5.74, 6) is 0.0614. The number of amides is 2. The van der Waals surface area contributed by atoms with Crippen molar-refractivity contribution in [2.24, 2.45) is 11.8 Å². The van der Waals surface area contributed by atoms with Gasteiger partial charge in [0.05, 0.1) is 11.5 Å². The average molecular weight is 378 g/mol. The van der Waals surface area contributed by atoms with Crippen LogP contribution in [0.15, 0.2) is 30.3 Å². The number of sulfone groups is 1. The second kappa shape index (κ2) is 7.78. The third-order valence-corrected chi connectivity index (χ3v) is 7.27. The number of carbonyl (C=O) groups is 2. The molecule has 1 aromatic rings. The number of nitrogens with one attached hydrogen (secondary N) is 1. The summed E-state index contributed by atoms with van der Waals surface area (Å²) in [6, 6.07) is 9.30. The van der Waals surface area contributed by atoms with E-state index in [1.54, 1.807) is 11.9 Å². The molecule has 2 amide bonds. The normalized spacial score (nSPS) is 27.7. The molecule has 2 fully saturated rings. The highest BCUT2D eigenvalue weighted by atomic mass is 32.2. The van der Waals surface area contributed by atoms with Crippen molar-refractivity contribution in [2.75, 3.05) is 23.5 Å². The van der Waals surface area contributed by atoms with Crippen LogP contribution in [0, 0.1) is 11.8 Å². The minimum atomic E-state index is -2.99. The van der Waals surface area contributed by atoms with Crippen molar-refractivity contribution < 1.29 is 18.0 Å². The summed E-state index contributed by atoms with van der Waals surface area (Å²) in [5.41, 5.74) is 0.875. The molecule has 1 aliphatic carbocycles. The van der Waals surface area contributed by atoms with E-state index in [0.29, 0.717) is 32.1 Å². The third kappa shape index (κ3) is 4.44. The van der Waals surface area contributed by atoms with Crippen LogP contribution in [-0.2, 0) is 19.4 Å². The molecule has 1 unspecified atom stereocenters. The standard InChI is InChI=1S/C19H26N2O4S/c1-21(17-5-3-2-4-6-17)19(23)15-9-7-14(8-10-15)18(22)20-16-11-12-26(24,25)13-16/h2-6,14-16H,7-13H2,1H3,(H,20,22). The first-order chi connectivity index (χ1) is 12.4. The Bertz CT molecular complexity index is 755. The first-order valence-corrected chi connectivity index (χ1v) is 11.0. The first kappa shape index (κ1) is 18.9. The van der Waals surface area contributed by atoms with E-state index < -0.39 is 9.84 Å². The molecule has 6 nitrogen and oxygen atoms in total. The van der Waals surface area contributed by atoms with Gasteiger partial charge in [0.15, 0.2) is 9.84 Å². The number of nitrogens with zero attached hydrogens (tertiary/aromatic N) is 1. The summed E-state index contributed by atoms with van der Waals surface area (Å²) in [7, 11) is -1.20. The van der Waals surface area contributed by atoms with Gasteiger partial charge in [0.25, 0.3) is 0 Å². The van der Waals surface area contributed by atoms with Crippen molar-refractivity contribution in [1.82, 2.24) is 5.32 Å². The SMILES string of the molecule is CN(C(=O)C1CCC(C(=O)NC2CCS(=O)(=O)C2)CC1)c1ccccc1. The summed E-state index contributed by atoms with van der Waals surface area (Å²) in [5, 5.41) is 2.88. The predicted octanol–water partition coefficient (Wildman–Crippen LogP) is 1.76. The van der Waals surface area contributed by atoms with Crippen molar-refractivity contribution in [3.05, 3.63) is 30.3 Å². The zero-order valence-corrected chi connectivity index (χ0v) is 15.9.